The Balaban J connectivity index is 1.90. The number of carbonyl (C=O) groups excluding carboxylic acids is 1. The fraction of sp³-hybridized carbons (Fsp3) is 0.286. The molecule has 0 fully saturated rings. The van der Waals surface area contributed by atoms with Gasteiger partial charge in [0.1, 0.15) is 17.9 Å². The van der Waals surface area contributed by atoms with Gasteiger partial charge in [-0.3, -0.25) is 14.9 Å². The number of ether oxygens (including phenoxy) is 1. The first-order valence-electron chi connectivity index (χ1n) is 9.99. The molecule has 0 unspecified atom stereocenters. The van der Waals surface area contributed by atoms with Crippen molar-refractivity contribution in [3.63, 3.8) is 0 Å². The molecule has 0 radical (unpaired) electrons. The third kappa shape index (κ3) is 6.39. The maximum Gasteiger partial charge on any atom is 0.353 e. The van der Waals surface area contributed by atoms with Crippen molar-refractivity contribution in [1.82, 2.24) is 9.97 Å². The van der Waals surface area contributed by atoms with Crippen LogP contribution in [0, 0.1) is 15.9 Å². The van der Waals surface area contributed by atoms with Gasteiger partial charge < -0.3 is 19.4 Å². The average molecular weight is 478 g/mol. The van der Waals surface area contributed by atoms with Crippen molar-refractivity contribution in [1.29, 1.82) is 0 Å². The number of nitrogens with one attached hydrogen (secondary N) is 1. The molecule has 2 aromatic heterocycles. The summed E-state index contributed by atoms with van der Waals surface area (Å²) in [5.41, 5.74) is 0.147. The maximum absolute atomic E-state index is 13.3. The van der Waals surface area contributed by atoms with Gasteiger partial charge in [0.2, 0.25) is 11.6 Å². The Labute approximate surface area is 193 Å². The third-order valence-electron chi connectivity index (χ3n) is 4.56. The Kier molecular flexibility index (Phi) is 8.14. The molecule has 1 N–H and O–H groups in total. The van der Waals surface area contributed by atoms with Crippen LogP contribution in [0.1, 0.15) is 24.7 Å². The van der Waals surface area contributed by atoms with E-state index in [9.17, 15) is 19.3 Å². The van der Waals surface area contributed by atoms with Crippen LogP contribution in [0.25, 0.3) is 0 Å². The number of halogens is 2. The van der Waals surface area contributed by atoms with Gasteiger partial charge in [-0.25, -0.2) is 14.4 Å². The van der Waals surface area contributed by atoms with Gasteiger partial charge in [0.25, 0.3) is 0 Å². The first-order valence-corrected chi connectivity index (χ1v) is 10.4. The molecule has 0 aliphatic rings. The molecule has 0 saturated carbocycles. The van der Waals surface area contributed by atoms with Crippen LogP contribution in [0.4, 0.5) is 21.7 Å². The summed E-state index contributed by atoms with van der Waals surface area (Å²) in [7, 11) is 0. The van der Waals surface area contributed by atoms with Gasteiger partial charge >= 0.3 is 11.7 Å². The fourth-order valence-electron chi connectivity index (χ4n) is 3.05. The van der Waals surface area contributed by atoms with E-state index in [1.165, 1.54) is 24.7 Å². The molecular formula is C21H21ClFN5O5. The first kappa shape index (κ1) is 23.9. The maximum atomic E-state index is 13.3. The highest BCUT2D eigenvalue weighted by Gasteiger charge is 2.28. The average Bonchev–Trinajstić information content (AvgIpc) is 3.29. The molecule has 3 aromatic rings. The lowest BCUT2D eigenvalue weighted by atomic mass is 10.2. The van der Waals surface area contributed by atoms with Gasteiger partial charge in [0, 0.05) is 18.1 Å². The second-order valence-electron chi connectivity index (χ2n) is 6.80. The number of rotatable bonds is 11. The van der Waals surface area contributed by atoms with E-state index in [4.69, 9.17) is 20.8 Å². The lowest BCUT2D eigenvalue weighted by Crippen LogP contribution is -2.28. The number of benzene rings is 1. The summed E-state index contributed by atoms with van der Waals surface area (Å²) in [6.07, 6.45) is 2.65. The van der Waals surface area contributed by atoms with Crippen LogP contribution >= 0.6 is 11.6 Å². The monoisotopic (exact) mass is 477 g/mol. The van der Waals surface area contributed by atoms with Crippen LogP contribution in [0.2, 0.25) is 5.02 Å². The molecule has 0 aliphatic carbocycles. The van der Waals surface area contributed by atoms with Crippen molar-refractivity contribution in [2.24, 2.45) is 0 Å². The quantitative estimate of drug-likeness (QED) is 0.244. The number of furan rings is 1. The standard InChI is InChI=1S/C21H21ClFN5O5/c1-2-32-18(29)7-8-27(12-16-4-3-9-33-16)21-19(28(30)31)20(25-13-26-21)24-11-14-5-6-15(23)10-17(14)22/h3-6,9-10,13H,2,7-8,11-12H2,1H3,(H,24,25,26). The van der Waals surface area contributed by atoms with Crippen molar-refractivity contribution in [2.45, 2.75) is 26.4 Å². The summed E-state index contributed by atoms with van der Waals surface area (Å²) in [6, 6.07) is 7.26. The summed E-state index contributed by atoms with van der Waals surface area (Å²) in [6.45, 7) is 2.22. The van der Waals surface area contributed by atoms with Gasteiger partial charge in [-0.1, -0.05) is 17.7 Å². The predicted molar refractivity (Wildman–Crippen MR) is 118 cm³/mol. The lowest BCUT2D eigenvalue weighted by Gasteiger charge is -2.22. The van der Waals surface area contributed by atoms with E-state index in [2.05, 4.69) is 15.3 Å². The third-order valence-corrected chi connectivity index (χ3v) is 4.92. The number of aromatic nitrogens is 2. The highest BCUT2D eigenvalue weighted by atomic mass is 35.5. The van der Waals surface area contributed by atoms with Gasteiger partial charge in [-0.2, -0.15) is 0 Å². The van der Waals surface area contributed by atoms with Crippen LogP contribution in [0.3, 0.4) is 0 Å². The van der Waals surface area contributed by atoms with Gasteiger partial charge in [0.15, 0.2) is 0 Å². The number of hydrogen-bond donors (Lipinski definition) is 1. The number of nitro groups is 1. The largest absolute Gasteiger partial charge is 0.467 e. The predicted octanol–water partition coefficient (Wildman–Crippen LogP) is 4.34. The van der Waals surface area contributed by atoms with E-state index < -0.39 is 16.7 Å². The molecule has 0 bridgehead atoms. The summed E-state index contributed by atoms with van der Waals surface area (Å²) in [5, 5.41) is 15.0. The Morgan fingerprint density at radius 2 is 2.18 bits per heavy atom. The molecule has 10 nitrogen and oxygen atoms in total. The number of carbonyl (C=O) groups is 1. The normalized spacial score (nSPS) is 10.6. The zero-order valence-corrected chi connectivity index (χ0v) is 18.4. The Bertz CT molecular complexity index is 1110. The van der Waals surface area contributed by atoms with Gasteiger partial charge in [-0.05, 0) is 36.8 Å². The smallest absolute Gasteiger partial charge is 0.353 e. The van der Waals surface area contributed by atoms with Crippen molar-refractivity contribution in [3.8, 4) is 0 Å². The molecule has 0 aliphatic heterocycles. The van der Waals surface area contributed by atoms with Crippen molar-refractivity contribution in [3.05, 3.63) is 75.2 Å². The van der Waals surface area contributed by atoms with E-state index in [1.54, 1.807) is 24.0 Å². The minimum atomic E-state index is -0.608. The molecule has 12 heteroatoms. The van der Waals surface area contributed by atoms with Crippen molar-refractivity contribution >= 4 is 34.9 Å². The summed E-state index contributed by atoms with van der Waals surface area (Å²) < 4.78 is 23.6. The lowest BCUT2D eigenvalue weighted by molar-refractivity contribution is -0.383. The Hall–Kier alpha value is -3.73. The molecule has 174 valence electrons. The van der Waals surface area contributed by atoms with E-state index >= 15 is 0 Å². The van der Waals surface area contributed by atoms with E-state index in [-0.39, 0.29) is 55.0 Å². The molecular weight excluding hydrogens is 457 g/mol. The zero-order chi connectivity index (χ0) is 23.8. The zero-order valence-electron chi connectivity index (χ0n) is 17.7. The Morgan fingerprint density at radius 1 is 1.36 bits per heavy atom. The highest BCUT2D eigenvalue weighted by molar-refractivity contribution is 6.31. The summed E-state index contributed by atoms with van der Waals surface area (Å²) in [4.78, 5) is 32.9. The number of esters is 1. The van der Waals surface area contributed by atoms with Crippen LogP contribution in [-0.4, -0.2) is 34.0 Å². The minimum absolute atomic E-state index is 0.00315. The van der Waals surface area contributed by atoms with Gasteiger partial charge in [-0.15, -0.1) is 0 Å². The minimum Gasteiger partial charge on any atom is -0.467 e. The molecule has 2 heterocycles. The molecule has 3 rings (SSSR count). The second kappa shape index (κ2) is 11.2. The van der Waals surface area contributed by atoms with Crippen LogP contribution in [0.15, 0.2) is 47.3 Å². The van der Waals surface area contributed by atoms with Crippen molar-refractivity contribution < 1.29 is 23.3 Å². The van der Waals surface area contributed by atoms with E-state index in [1.807, 2.05) is 0 Å². The van der Waals surface area contributed by atoms with Crippen LogP contribution < -0.4 is 10.2 Å². The first-order chi connectivity index (χ1) is 15.9. The molecule has 0 spiro atoms. The summed E-state index contributed by atoms with van der Waals surface area (Å²) >= 11 is 6.05. The second-order valence-corrected chi connectivity index (χ2v) is 7.20. The topological polar surface area (TPSA) is 124 Å². The molecule has 1 aromatic carbocycles. The molecule has 0 saturated heterocycles. The van der Waals surface area contributed by atoms with E-state index in [0.717, 1.165) is 6.07 Å². The fourth-order valence-corrected chi connectivity index (χ4v) is 3.29. The Morgan fingerprint density at radius 3 is 2.85 bits per heavy atom. The molecule has 33 heavy (non-hydrogen) atoms. The highest BCUT2D eigenvalue weighted by Crippen LogP contribution is 2.33. The number of anilines is 2. The molecule has 0 amide bonds. The number of nitrogens with zero attached hydrogens (tertiary/aromatic N) is 4. The van der Waals surface area contributed by atoms with Crippen molar-refractivity contribution in [2.75, 3.05) is 23.4 Å². The summed E-state index contributed by atoms with van der Waals surface area (Å²) in [5.74, 6) is -0.453. The van der Waals surface area contributed by atoms with E-state index in [0.29, 0.717) is 11.3 Å². The number of hydrogen-bond acceptors (Lipinski definition) is 9. The van der Waals surface area contributed by atoms with Crippen LogP contribution in [0.5, 0.6) is 0 Å². The SMILES string of the molecule is CCOC(=O)CCN(Cc1ccco1)c1ncnc(NCc2ccc(F)cc2Cl)c1[N+](=O)[O-]. The molecule has 0 atom stereocenters. The van der Waals surface area contributed by atoms with Crippen LogP contribution in [-0.2, 0) is 22.6 Å². The van der Waals surface area contributed by atoms with Gasteiger partial charge in [0.05, 0.1) is 30.8 Å².